The average molecular weight is 336 g/mol. The second-order valence-corrected chi connectivity index (χ2v) is 6.15. The van der Waals surface area contributed by atoms with E-state index in [2.05, 4.69) is 5.32 Å². The lowest BCUT2D eigenvalue weighted by Crippen LogP contribution is -2.38. The molecule has 0 radical (unpaired) electrons. The second-order valence-electron chi connectivity index (χ2n) is 6.15. The molecule has 0 unspecified atom stereocenters. The minimum Gasteiger partial charge on any atom is -0.396 e. The summed E-state index contributed by atoms with van der Waals surface area (Å²) >= 11 is 0. The Balaban J connectivity index is 1.67. The van der Waals surface area contributed by atoms with Crippen LogP contribution in [0, 0.1) is 23.5 Å². The molecule has 1 saturated heterocycles. The molecule has 1 fully saturated rings. The van der Waals surface area contributed by atoms with Crippen molar-refractivity contribution in [1.29, 1.82) is 0 Å². The maximum absolute atomic E-state index is 13.8. The molecule has 2 amide bonds. The van der Waals surface area contributed by atoms with E-state index < -0.39 is 29.1 Å². The minimum atomic E-state index is -0.825. The van der Waals surface area contributed by atoms with Gasteiger partial charge in [0.2, 0.25) is 11.8 Å². The van der Waals surface area contributed by atoms with E-state index in [1.54, 1.807) is 0 Å². The lowest BCUT2D eigenvalue weighted by Gasteiger charge is -2.19. The van der Waals surface area contributed by atoms with Crippen LogP contribution in [0.2, 0.25) is 0 Å². The van der Waals surface area contributed by atoms with Gasteiger partial charge in [-0.25, -0.2) is 8.78 Å². The first-order chi connectivity index (χ1) is 11.5. The van der Waals surface area contributed by atoms with Gasteiger partial charge < -0.3 is 15.3 Å². The lowest BCUT2D eigenvalue weighted by atomic mass is 10.1. The molecule has 2 aliphatic rings. The molecule has 2 N–H and O–H groups in total. The molecule has 1 aromatic rings. The lowest BCUT2D eigenvalue weighted by molar-refractivity contribution is -0.126. The first kappa shape index (κ1) is 16.6. The molecule has 3 rings (SSSR count). The van der Waals surface area contributed by atoms with E-state index in [-0.39, 0.29) is 37.4 Å². The first-order valence-electron chi connectivity index (χ1n) is 7.83. The predicted octanol–water partition coefficient (Wildman–Crippen LogP) is 1.37. The molecule has 3 atom stereocenters. The highest BCUT2D eigenvalue weighted by molar-refractivity contribution is 6.00. The first-order valence-corrected chi connectivity index (χ1v) is 7.83. The van der Waals surface area contributed by atoms with Gasteiger partial charge in [-0.1, -0.05) is 18.2 Å². The van der Waals surface area contributed by atoms with Gasteiger partial charge in [-0.15, -0.1) is 0 Å². The van der Waals surface area contributed by atoms with Crippen molar-refractivity contribution in [3.63, 3.8) is 0 Å². The van der Waals surface area contributed by atoms with Crippen molar-refractivity contribution in [2.24, 2.45) is 11.8 Å². The van der Waals surface area contributed by atoms with Gasteiger partial charge >= 0.3 is 0 Å². The third kappa shape index (κ3) is 3.17. The Morgan fingerprint density at radius 2 is 2.00 bits per heavy atom. The fourth-order valence-corrected chi connectivity index (χ4v) is 3.16. The molecular formula is C17H18F2N2O3. The molecule has 5 nitrogen and oxygen atoms in total. The van der Waals surface area contributed by atoms with Gasteiger partial charge in [0.1, 0.15) is 17.3 Å². The van der Waals surface area contributed by atoms with E-state index in [4.69, 9.17) is 5.11 Å². The highest BCUT2D eigenvalue weighted by Crippen LogP contribution is 2.30. The van der Waals surface area contributed by atoms with E-state index in [0.29, 0.717) is 6.42 Å². The Bertz CT molecular complexity index is 672. The Kier molecular flexibility index (Phi) is 4.62. The SMILES string of the molecule is O=C(N[C@@H]1C=C[C@H](CO)C1)[C@H]1CC(=O)N(c2c(F)cccc2F)C1. The third-order valence-corrected chi connectivity index (χ3v) is 4.44. The summed E-state index contributed by atoms with van der Waals surface area (Å²) in [5.74, 6) is -3.09. The van der Waals surface area contributed by atoms with Crippen molar-refractivity contribution in [3.8, 4) is 0 Å². The number of benzene rings is 1. The molecule has 0 spiro atoms. The quantitative estimate of drug-likeness (QED) is 0.816. The number of halogens is 2. The Morgan fingerprint density at radius 1 is 1.29 bits per heavy atom. The summed E-state index contributed by atoms with van der Waals surface area (Å²) in [4.78, 5) is 25.4. The highest BCUT2D eigenvalue weighted by atomic mass is 19.1. The zero-order valence-electron chi connectivity index (χ0n) is 12.9. The van der Waals surface area contributed by atoms with Crippen LogP contribution in [-0.4, -0.2) is 36.1 Å². The normalized spacial score (nSPS) is 26.2. The van der Waals surface area contributed by atoms with Crippen molar-refractivity contribution in [1.82, 2.24) is 5.32 Å². The average Bonchev–Trinajstić information content (AvgIpc) is 3.14. The van der Waals surface area contributed by atoms with Gasteiger partial charge in [0.05, 0.1) is 5.92 Å². The minimum absolute atomic E-state index is 0.0181. The highest BCUT2D eigenvalue weighted by Gasteiger charge is 2.38. The molecule has 0 aromatic heterocycles. The predicted molar refractivity (Wildman–Crippen MR) is 83.1 cm³/mol. The summed E-state index contributed by atoms with van der Waals surface area (Å²) in [6.07, 6.45) is 4.17. The Hall–Kier alpha value is -2.28. The topological polar surface area (TPSA) is 69.6 Å². The van der Waals surface area contributed by atoms with Crippen LogP contribution in [0.3, 0.4) is 0 Å². The monoisotopic (exact) mass is 336 g/mol. The molecule has 1 heterocycles. The molecule has 24 heavy (non-hydrogen) atoms. The zero-order valence-corrected chi connectivity index (χ0v) is 12.9. The maximum atomic E-state index is 13.8. The molecule has 1 aliphatic carbocycles. The third-order valence-electron chi connectivity index (χ3n) is 4.44. The van der Waals surface area contributed by atoms with E-state index in [1.165, 1.54) is 6.07 Å². The summed E-state index contributed by atoms with van der Waals surface area (Å²) in [6, 6.07) is 3.20. The van der Waals surface area contributed by atoms with Gasteiger partial charge in [-0.2, -0.15) is 0 Å². The fraction of sp³-hybridized carbons (Fsp3) is 0.412. The largest absolute Gasteiger partial charge is 0.396 e. The van der Waals surface area contributed by atoms with Gasteiger partial charge in [-0.05, 0) is 18.6 Å². The summed E-state index contributed by atoms with van der Waals surface area (Å²) in [6.45, 7) is -0.0342. The number of carbonyl (C=O) groups excluding carboxylic acids is 2. The zero-order chi connectivity index (χ0) is 17.3. The van der Waals surface area contributed by atoms with Crippen LogP contribution < -0.4 is 10.2 Å². The van der Waals surface area contributed by atoms with Gasteiger partial charge in [0.25, 0.3) is 0 Å². The Labute approximate surface area is 138 Å². The summed E-state index contributed by atoms with van der Waals surface area (Å²) < 4.78 is 27.7. The number of aliphatic hydroxyl groups is 1. The van der Waals surface area contributed by atoms with Crippen molar-refractivity contribution < 1.29 is 23.5 Å². The smallest absolute Gasteiger partial charge is 0.228 e. The molecule has 7 heteroatoms. The summed E-state index contributed by atoms with van der Waals surface area (Å²) in [5, 5.41) is 11.9. The van der Waals surface area contributed by atoms with Crippen molar-refractivity contribution in [3.05, 3.63) is 42.0 Å². The van der Waals surface area contributed by atoms with Gasteiger partial charge in [0, 0.05) is 31.5 Å². The number of carbonyl (C=O) groups is 2. The maximum Gasteiger partial charge on any atom is 0.228 e. The number of rotatable bonds is 4. The van der Waals surface area contributed by atoms with Gasteiger partial charge in [0.15, 0.2) is 0 Å². The van der Waals surface area contributed by atoms with Gasteiger partial charge in [-0.3, -0.25) is 9.59 Å². The number of nitrogens with one attached hydrogen (secondary N) is 1. The number of hydrogen-bond acceptors (Lipinski definition) is 3. The number of nitrogens with zero attached hydrogens (tertiary/aromatic N) is 1. The number of amides is 2. The summed E-state index contributed by atoms with van der Waals surface area (Å²) in [7, 11) is 0. The molecule has 1 aromatic carbocycles. The van der Waals surface area contributed by atoms with Crippen LogP contribution in [0.4, 0.5) is 14.5 Å². The van der Waals surface area contributed by atoms with Crippen molar-refractivity contribution in [2.75, 3.05) is 18.1 Å². The second kappa shape index (κ2) is 6.68. The number of aliphatic hydroxyl groups excluding tert-OH is 1. The standard InChI is InChI=1S/C17H18F2N2O3/c18-13-2-1-3-14(19)16(13)21-8-11(7-15(21)23)17(24)20-12-5-4-10(6-12)9-22/h1-5,10-12,22H,6-9H2,(H,20,24)/t10-,11-,12+/m0/s1. The van der Waals surface area contributed by atoms with E-state index in [0.717, 1.165) is 17.0 Å². The Morgan fingerprint density at radius 3 is 2.62 bits per heavy atom. The number of hydrogen-bond donors (Lipinski definition) is 2. The van der Waals surface area contributed by atoms with E-state index >= 15 is 0 Å². The van der Waals surface area contributed by atoms with Crippen molar-refractivity contribution in [2.45, 2.75) is 18.9 Å². The fourth-order valence-electron chi connectivity index (χ4n) is 3.16. The molecule has 128 valence electrons. The molecular weight excluding hydrogens is 318 g/mol. The van der Waals surface area contributed by atoms with Crippen LogP contribution in [0.5, 0.6) is 0 Å². The van der Waals surface area contributed by atoms with Crippen LogP contribution in [0.1, 0.15) is 12.8 Å². The van der Waals surface area contributed by atoms with E-state index in [1.807, 2.05) is 12.2 Å². The number of anilines is 1. The molecule has 0 saturated carbocycles. The van der Waals surface area contributed by atoms with Crippen LogP contribution >= 0.6 is 0 Å². The molecule has 1 aliphatic heterocycles. The number of para-hydroxylation sites is 1. The van der Waals surface area contributed by atoms with Crippen LogP contribution in [0.25, 0.3) is 0 Å². The van der Waals surface area contributed by atoms with Crippen LogP contribution in [-0.2, 0) is 9.59 Å². The van der Waals surface area contributed by atoms with E-state index in [9.17, 15) is 18.4 Å². The van der Waals surface area contributed by atoms with Crippen LogP contribution in [0.15, 0.2) is 30.4 Å². The summed E-state index contributed by atoms with van der Waals surface area (Å²) in [5.41, 5.74) is -0.404. The van der Waals surface area contributed by atoms with Crippen molar-refractivity contribution >= 4 is 17.5 Å². The molecule has 0 bridgehead atoms.